The second-order valence-corrected chi connectivity index (χ2v) is 5.61. The summed E-state index contributed by atoms with van der Waals surface area (Å²) in [5, 5.41) is 10.9. The van der Waals surface area contributed by atoms with Crippen LogP contribution in [-0.2, 0) is 10.5 Å². The number of nitrogens with zero attached hydrogens (tertiary/aromatic N) is 2. The van der Waals surface area contributed by atoms with Crippen LogP contribution in [0.5, 0.6) is 0 Å². The molecule has 0 radical (unpaired) electrons. The minimum atomic E-state index is -0.527. The monoisotopic (exact) mass is 300 g/mol. The second kappa shape index (κ2) is 7.56. The van der Waals surface area contributed by atoms with E-state index in [0.29, 0.717) is 5.75 Å². The molecule has 2 rings (SSSR count). The first kappa shape index (κ1) is 15.2. The highest BCUT2D eigenvalue weighted by Crippen LogP contribution is 2.25. The summed E-state index contributed by atoms with van der Waals surface area (Å²) < 4.78 is 18.9. The molecule has 1 aromatic rings. The fraction of sp³-hybridized carbons (Fsp3) is 0.538. The minimum Gasteiger partial charge on any atom is -0.379 e. The van der Waals surface area contributed by atoms with Crippen LogP contribution >= 0.6 is 11.8 Å². The van der Waals surface area contributed by atoms with Gasteiger partial charge in [0.2, 0.25) is 0 Å². The Bertz CT molecular complexity index is 467. The normalized spacial score (nSPS) is 16.2. The van der Waals surface area contributed by atoms with Crippen molar-refractivity contribution in [1.29, 1.82) is 0 Å². The van der Waals surface area contributed by atoms with E-state index in [1.165, 1.54) is 30.0 Å². The molecule has 5 nitrogen and oxygen atoms in total. The van der Waals surface area contributed by atoms with Crippen molar-refractivity contribution in [3.05, 3.63) is 39.7 Å². The summed E-state index contributed by atoms with van der Waals surface area (Å²) >= 11 is 1.52. The van der Waals surface area contributed by atoms with Crippen molar-refractivity contribution in [2.75, 3.05) is 38.6 Å². The molecule has 0 amide bonds. The second-order valence-electron chi connectivity index (χ2n) is 4.50. The number of rotatable bonds is 6. The molecule has 7 heteroatoms. The number of hydrogen-bond donors (Lipinski definition) is 0. The molecule has 0 N–H and O–H groups in total. The van der Waals surface area contributed by atoms with Crippen molar-refractivity contribution in [3.8, 4) is 0 Å². The van der Waals surface area contributed by atoms with Gasteiger partial charge in [0.1, 0.15) is 5.82 Å². The number of nitro groups is 1. The number of benzene rings is 1. The van der Waals surface area contributed by atoms with Gasteiger partial charge in [0.15, 0.2) is 0 Å². The molecule has 0 spiro atoms. The van der Waals surface area contributed by atoms with Crippen molar-refractivity contribution in [1.82, 2.24) is 4.90 Å². The Labute approximate surface area is 121 Å². The van der Waals surface area contributed by atoms with Gasteiger partial charge in [-0.15, -0.1) is 0 Å². The van der Waals surface area contributed by atoms with E-state index in [1.807, 2.05) is 0 Å². The summed E-state index contributed by atoms with van der Waals surface area (Å²) in [6.45, 7) is 4.24. The van der Waals surface area contributed by atoms with E-state index in [0.717, 1.165) is 38.6 Å². The van der Waals surface area contributed by atoms with Crippen LogP contribution in [0.1, 0.15) is 5.56 Å². The van der Waals surface area contributed by atoms with Gasteiger partial charge in [-0.3, -0.25) is 15.0 Å². The first-order valence-corrected chi connectivity index (χ1v) is 7.63. The quantitative estimate of drug-likeness (QED) is 0.458. The molecule has 1 aliphatic heterocycles. The van der Waals surface area contributed by atoms with Crippen molar-refractivity contribution in [3.63, 3.8) is 0 Å². The maximum Gasteiger partial charge on any atom is 0.276 e. The molecule has 1 fully saturated rings. The Balaban J connectivity index is 1.83. The van der Waals surface area contributed by atoms with E-state index >= 15 is 0 Å². The van der Waals surface area contributed by atoms with E-state index in [4.69, 9.17) is 4.74 Å². The Morgan fingerprint density at radius 3 is 2.85 bits per heavy atom. The average Bonchev–Trinajstić information content (AvgIpc) is 2.45. The number of ether oxygens (including phenoxy) is 1. The lowest BCUT2D eigenvalue weighted by Crippen LogP contribution is -2.37. The van der Waals surface area contributed by atoms with Crippen molar-refractivity contribution in [2.24, 2.45) is 0 Å². The molecule has 1 aliphatic rings. The summed E-state index contributed by atoms with van der Waals surface area (Å²) in [5.74, 6) is 0.650. The zero-order valence-corrected chi connectivity index (χ0v) is 11.9. The van der Waals surface area contributed by atoms with Gasteiger partial charge in [-0.2, -0.15) is 11.8 Å². The Hall–Kier alpha value is -1.18. The third-order valence-electron chi connectivity index (χ3n) is 3.19. The van der Waals surface area contributed by atoms with Gasteiger partial charge in [-0.1, -0.05) is 6.07 Å². The summed E-state index contributed by atoms with van der Waals surface area (Å²) in [7, 11) is 0. The van der Waals surface area contributed by atoms with E-state index in [-0.39, 0.29) is 11.3 Å². The van der Waals surface area contributed by atoms with Gasteiger partial charge in [0.25, 0.3) is 5.69 Å². The van der Waals surface area contributed by atoms with Crippen LogP contribution in [0.3, 0.4) is 0 Å². The highest BCUT2D eigenvalue weighted by molar-refractivity contribution is 7.98. The maximum atomic E-state index is 13.6. The molecular weight excluding hydrogens is 283 g/mol. The third kappa shape index (κ3) is 4.16. The smallest absolute Gasteiger partial charge is 0.276 e. The molecule has 0 unspecified atom stereocenters. The van der Waals surface area contributed by atoms with Crippen LogP contribution in [0.25, 0.3) is 0 Å². The molecule has 0 bridgehead atoms. The van der Waals surface area contributed by atoms with Gasteiger partial charge >= 0.3 is 0 Å². The fourth-order valence-electron chi connectivity index (χ4n) is 2.05. The zero-order valence-electron chi connectivity index (χ0n) is 11.1. The van der Waals surface area contributed by atoms with Crippen molar-refractivity contribution in [2.45, 2.75) is 5.75 Å². The Kier molecular flexibility index (Phi) is 5.75. The number of morpholine rings is 1. The molecular formula is C13H17FN2O3S. The van der Waals surface area contributed by atoms with E-state index < -0.39 is 10.7 Å². The van der Waals surface area contributed by atoms with Crippen LogP contribution in [0, 0.1) is 15.9 Å². The standard InChI is InChI=1S/C13H17FN2O3S/c14-12-2-1-3-13(16(17)18)11(12)10-20-9-6-15-4-7-19-8-5-15/h1-3H,4-10H2. The molecule has 1 aromatic carbocycles. The molecule has 1 heterocycles. The number of hydrogen-bond acceptors (Lipinski definition) is 5. The van der Waals surface area contributed by atoms with Gasteiger partial charge < -0.3 is 4.74 Å². The molecule has 0 aromatic heterocycles. The fourth-order valence-corrected chi connectivity index (χ4v) is 3.08. The molecule has 20 heavy (non-hydrogen) atoms. The highest BCUT2D eigenvalue weighted by Gasteiger charge is 2.17. The summed E-state index contributed by atoms with van der Waals surface area (Å²) in [5.41, 5.74) is 0.0494. The highest BCUT2D eigenvalue weighted by atomic mass is 32.2. The van der Waals surface area contributed by atoms with Crippen molar-refractivity contribution >= 4 is 17.4 Å². The lowest BCUT2D eigenvalue weighted by molar-refractivity contribution is -0.385. The van der Waals surface area contributed by atoms with E-state index in [2.05, 4.69) is 4.90 Å². The summed E-state index contributed by atoms with van der Waals surface area (Å²) in [4.78, 5) is 12.6. The number of halogens is 1. The third-order valence-corrected chi connectivity index (χ3v) is 4.16. The first-order valence-electron chi connectivity index (χ1n) is 6.48. The molecule has 1 saturated heterocycles. The summed E-state index contributed by atoms with van der Waals surface area (Å²) in [6, 6.07) is 3.99. The van der Waals surface area contributed by atoms with Gasteiger partial charge in [-0.25, -0.2) is 4.39 Å². The largest absolute Gasteiger partial charge is 0.379 e. The van der Waals surface area contributed by atoms with Crippen LogP contribution in [-0.4, -0.2) is 48.4 Å². The van der Waals surface area contributed by atoms with Gasteiger partial charge in [0, 0.05) is 37.2 Å². The van der Waals surface area contributed by atoms with Crippen LogP contribution in [0.4, 0.5) is 10.1 Å². The number of nitro benzene ring substituents is 1. The molecule has 110 valence electrons. The van der Waals surface area contributed by atoms with Gasteiger partial charge in [-0.05, 0) is 6.07 Å². The molecule has 0 aliphatic carbocycles. The summed E-state index contributed by atoms with van der Waals surface area (Å²) in [6.07, 6.45) is 0. The van der Waals surface area contributed by atoms with Crippen LogP contribution in [0.2, 0.25) is 0 Å². The Morgan fingerprint density at radius 1 is 1.40 bits per heavy atom. The first-order chi connectivity index (χ1) is 9.68. The predicted octanol–water partition coefficient (Wildman–Crippen LogP) is 2.30. The minimum absolute atomic E-state index is 0.135. The molecule has 0 atom stereocenters. The predicted molar refractivity (Wildman–Crippen MR) is 76.5 cm³/mol. The van der Waals surface area contributed by atoms with Crippen LogP contribution < -0.4 is 0 Å². The maximum absolute atomic E-state index is 13.6. The lowest BCUT2D eigenvalue weighted by Gasteiger charge is -2.26. The van der Waals surface area contributed by atoms with E-state index in [1.54, 1.807) is 0 Å². The van der Waals surface area contributed by atoms with Crippen LogP contribution in [0.15, 0.2) is 18.2 Å². The zero-order chi connectivity index (χ0) is 14.4. The Morgan fingerprint density at radius 2 is 2.15 bits per heavy atom. The SMILES string of the molecule is O=[N+]([O-])c1cccc(F)c1CSCCN1CCOCC1. The lowest BCUT2D eigenvalue weighted by atomic mass is 10.2. The van der Waals surface area contributed by atoms with Gasteiger partial charge in [0.05, 0.1) is 23.7 Å². The molecule has 0 saturated carbocycles. The van der Waals surface area contributed by atoms with E-state index in [9.17, 15) is 14.5 Å². The van der Waals surface area contributed by atoms with Crippen molar-refractivity contribution < 1.29 is 14.1 Å². The number of thioether (sulfide) groups is 1. The average molecular weight is 300 g/mol. The topological polar surface area (TPSA) is 55.6 Å².